The highest BCUT2D eigenvalue weighted by molar-refractivity contribution is 6.32. The Balaban J connectivity index is 1.86. The first kappa shape index (κ1) is 18.4. The fourth-order valence-electron chi connectivity index (χ4n) is 2.88. The molecule has 0 unspecified atom stereocenters. The van der Waals surface area contributed by atoms with Gasteiger partial charge in [0.1, 0.15) is 17.9 Å². The molecule has 0 saturated heterocycles. The van der Waals surface area contributed by atoms with Crippen LogP contribution in [0.4, 0.5) is 0 Å². The van der Waals surface area contributed by atoms with Crippen LogP contribution in [0.2, 0.25) is 5.02 Å². The molecule has 0 fully saturated rings. The van der Waals surface area contributed by atoms with E-state index in [0.29, 0.717) is 28.6 Å². The first-order chi connectivity index (χ1) is 12.6. The van der Waals surface area contributed by atoms with E-state index in [0.717, 1.165) is 35.8 Å². The lowest BCUT2D eigenvalue weighted by Crippen LogP contribution is -2.10. The van der Waals surface area contributed by atoms with Gasteiger partial charge in [-0.05, 0) is 31.4 Å². The number of rotatable bonds is 8. The van der Waals surface area contributed by atoms with E-state index in [1.165, 1.54) is 6.42 Å². The molecule has 1 aromatic carbocycles. The van der Waals surface area contributed by atoms with Crippen LogP contribution in [0.25, 0.3) is 11.0 Å². The Labute approximate surface area is 155 Å². The van der Waals surface area contributed by atoms with Crippen LogP contribution in [0.1, 0.15) is 49.6 Å². The van der Waals surface area contributed by atoms with Crippen molar-refractivity contribution >= 4 is 22.6 Å². The second-order valence-electron chi connectivity index (χ2n) is 6.17. The van der Waals surface area contributed by atoms with E-state index >= 15 is 0 Å². The van der Waals surface area contributed by atoms with Crippen molar-refractivity contribution in [1.82, 2.24) is 20.6 Å². The number of tetrazole rings is 1. The first-order valence-electron chi connectivity index (χ1n) is 8.66. The average Bonchev–Trinajstić information content (AvgIpc) is 3.14. The van der Waals surface area contributed by atoms with Gasteiger partial charge in [0, 0.05) is 22.8 Å². The lowest BCUT2D eigenvalue weighted by Gasteiger charge is -2.12. The third-order valence-electron chi connectivity index (χ3n) is 4.34. The molecule has 3 rings (SSSR count). The molecule has 0 aliphatic heterocycles. The van der Waals surface area contributed by atoms with E-state index in [1.54, 1.807) is 12.1 Å². The van der Waals surface area contributed by atoms with Crippen LogP contribution in [-0.2, 0) is 13.0 Å². The summed E-state index contributed by atoms with van der Waals surface area (Å²) < 4.78 is 11.1. The van der Waals surface area contributed by atoms with Crippen LogP contribution in [0.3, 0.4) is 0 Å². The molecule has 0 atom stereocenters. The molecule has 2 heterocycles. The minimum absolute atomic E-state index is 0.0803. The number of fused-ring (bicyclic) bond motifs is 1. The molecule has 7 nitrogen and oxygen atoms in total. The van der Waals surface area contributed by atoms with E-state index < -0.39 is 0 Å². The summed E-state index contributed by atoms with van der Waals surface area (Å²) >= 11 is 6.34. The van der Waals surface area contributed by atoms with Crippen molar-refractivity contribution < 1.29 is 9.15 Å². The lowest BCUT2D eigenvalue weighted by atomic mass is 10.0. The zero-order valence-corrected chi connectivity index (χ0v) is 15.5. The number of nitrogens with zero attached hydrogens (tertiary/aromatic N) is 4. The standard InChI is InChI=1S/C18H20ClN4O3/c1-3-4-5-6-7-12-11(2)13-8-14(19)16(9-15(13)26-18(12)24)25-10-17-20-22-23-21-17/h8-9H,3-7,10H2,1-2H3/q-1. The second kappa shape index (κ2) is 8.31. The smallest absolute Gasteiger partial charge is 0.339 e. The number of unbranched alkanes of at least 4 members (excludes halogenated alkanes) is 3. The molecule has 0 aliphatic rings. The Hall–Kier alpha value is -2.41. The largest absolute Gasteiger partial charge is 0.487 e. The zero-order valence-electron chi connectivity index (χ0n) is 14.8. The number of hydrogen-bond acceptors (Lipinski definition) is 6. The molecule has 0 spiro atoms. The SMILES string of the molecule is CCCCCCc1c(C)c2cc(Cl)c(OCc3nnn[n-]3)cc2oc1=O. The van der Waals surface area contributed by atoms with Gasteiger partial charge in [0.2, 0.25) is 0 Å². The predicted octanol–water partition coefficient (Wildman–Crippen LogP) is 3.60. The predicted molar refractivity (Wildman–Crippen MR) is 97.6 cm³/mol. The molecule has 0 radical (unpaired) electrons. The topological polar surface area (TPSA) is 92.2 Å². The van der Waals surface area contributed by atoms with Gasteiger partial charge in [0.05, 0.1) is 5.02 Å². The van der Waals surface area contributed by atoms with Crippen molar-refractivity contribution in [3.05, 3.63) is 44.5 Å². The molecule has 0 N–H and O–H groups in total. The van der Waals surface area contributed by atoms with E-state index in [4.69, 9.17) is 20.8 Å². The Morgan fingerprint density at radius 2 is 2.12 bits per heavy atom. The highest BCUT2D eigenvalue weighted by Gasteiger charge is 2.14. The summed E-state index contributed by atoms with van der Waals surface area (Å²) in [7, 11) is 0. The van der Waals surface area contributed by atoms with Crippen molar-refractivity contribution in [1.29, 1.82) is 0 Å². The summed E-state index contributed by atoms with van der Waals surface area (Å²) in [5.41, 5.74) is 1.78. The molecular formula is C18H20ClN4O3-. The fourth-order valence-corrected chi connectivity index (χ4v) is 3.10. The Morgan fingerprint density at radius 3 is 2.85 bits per heavy atom. The summed E-state index contributed by atoms with van der Waals surface area (Å²) in [4.78, 5) is 12.4. The molecule has 0 amide bonds. The molecule has 0 aliphatic carbocycles. The van der Waals surface area contributed by atoms with Gasteiger partial charge in [-0.2, -0.15) is 5.21 Å². The second-order valence-corrected chi connectivity index (χ2v) is 6.57. The number of benzene rings is 1. The normalized spacial score (nSPS) is 11.2. The van der Waals surface area contributed by atoms with Gasteiger partial charge in [0.25, 0.3) is 0 Å². The van der Waals surface area contributed by atoms with Crippen LogP contribution < -0.4 is 15.5 Å². The van der Waals surface area contributed by atoms with E-state index in [9.17, 15) is 4.79 Å². The molecule has 0 bridgehead atoms. The summed E-state index contributed by atoms with van der Waals surface area (Å²) in [6, 6.07) is 3.39. The Bertz CT molecular complexity index is 938. The highest BCUT2D eigenvalue weighted by atomic mass is 35.5. The molecular weight excluding hydrogens is 356 g/mol. The summed E-state index contributed by atoms with van der Waals surface area (Å²) in [6.45, 7) is 4.17. The number of hydrogen-bond donors (Lipinski definition) is 0. The van der Waals surface area contributed by atoms with Crippen molar-refractivity contribution in [3.63, 3.8) is 0 Å². The van der Waals surface area contributed by atoms with Gasteiger partial charge in [0.15, 0.2) is 0 Å². The molecule has 3 aromatic rings. The quantitative estimate of drug-likeness (QED) is 0.438. The van der Waals surface area contributed by atoms with Crippen molar-refractivity contribution in [2.45, 2.75) is 52.6 Å². The monoisotopic (exact) mass is 375 g/mol. The van der Waals surface area contributed by atoms with Gasteiger partial charge in [-0.25, -0.2) is 4.79 Å². The van der Waals surface area contributed by atoms with Crippen LogP contribution in [0, 0.1) is 6.92 Å². The van der Waals surface area contributed by atoms with Crippen LogP contribution in [0.15, 0.2) is 21.3 Å². The molecule has 0 saturated carbocycles. The molecule has 8 heteroatoms. The maximum atomic E-state index is 12.4. The number of halogens is 1. The van der Waals surface area contributed by atoms with Gasteiger partial charge in [-0.15, -0.1) is 0 Å². The summed E-state index contributed by atoms with van der Waals surface area (Å²) in [5, 5.41) is 15.4. The Kier molecular flexibility index (Phi) is 5.88. The number of aryl methyl sites for hydroxylation is 1. The summed E-state index contributed by atoms with van der Waals surface area (Å²) in [6.07, 6.45) is 5.12. The van der Waals surface area contributed by atoms with Crippen molar-refractivity contribution in [2.24, 2.45) is 0 Å². The fraction of sp³-hybridized carbons (Fsp3) is 0.444. The van der Waals surface area contributed by atoms with Crippen LogP contribution in [0.5, 0.6) is 5.75 Å². The molecule has 138 valence electrons. The average molecular weight is 376 g/mol. The number of aromatic nitrogens is 4. The molecule has 2 aromatic heterocycles. The third-order valence-corrected chi connectivity index (χ3v) is 4.63. The minimum Gasteiger partial charge on any atom is -0.487 e. The minimum atomic E-state index is -0.299. The summed E-state index contributed by atoms with van der Waals surface area (Å²) in [5.74, 6) is 0.739. The van der Waals surface area contributed by atoms with E-state index in [2.05, 4.69) is 27.5 Å². The van der Waals surface area contributed by atoms with Crippen molar-refractivity contribution in [3.8, 4) is 5.75 Å². The Morgan fingerprint density at radius 1 is 1.27 bits per heavy atom. The van der Waals surface area contributed by atoms with Crippen molar-refractivity contribution in [2.75, 3.05) is 0 Å². The van der Waals surface area contributed by atoms with E-state index in [1.807, 2.05) is 6.92 Å². The maximum absolute atomic E-state index is 12.4. The van der Waals surface area contributed by atoms with Crippen LogP contribution in [-0.4, -0.2) is 15.5 Å². The van der Waals surface area contributed by atoms with Gasteiger partial charge < -0.3 is 14.3 Å². The maximum Gasteiger partial charge on any atom is 0.339 e. The van der Waals surface area contributed by atoms with E-state index in [-0.39, 0.29) is 12.2 Å². The van der Waals surface area contributed by atoms with Gasteiger partial charge in [-0.3, -0.25) is 10.3 Å². The van der Waals surface area contributed by atoms with Gasteiger partial charge in [-0.1, -0.05) is 37.8 Å². The third kappa shape index (κ3) is 4.04. The number of ether oxygens (including phenoxy) is 1. The zero-order chi connectivity index (χ0) is 18.5. The molecule has 26 heavy (non-hydrogen) atoms. The van der Waals surface area contributed by atoms with Crippen LogP contribution >= 0.6 is 11.6 Å². The lowest BCUT2D eigenvalue weighted by molar-refractivity contribution is 0.295. The first-order valence-corrected chi connectivity index (χ1v) is 9.04. The van der Waals surface area contributed by atoms with Gasteiger partial charge >= 0.3 is 5.63 Å². The highest BCUT2D eigenvalue weighted by Crippen LogP contribution is 2.32.